The topological polar surface area (TPSA) is 114 Å². The number of primary amides is 1. The number of hydrogen-bond acceptors (Lipinski definition) is 7. The number of nitrogens with two attached hydrogens (primary N) is 1. The minimum atomic E-state index is -0.403. The highest BCUT2D eigenvalue weighted by atomic mass is 16.1. The summed E-state index contributed by atoms with van der Waals surface area (Å²) in [6, 6.07) is 3.13. The Kier molecular flexibility index (Phi) is 2.52. The third-order valence-electron chi connectivity index (χ3n) is 2.92. The highest BCUT2D eigenvalue weighted by molar-refractivity contribution is 5.83. The van der Waals surface area contributed by atoms with Crippen molar-refractivity contribution in [1.82, 2.24) is 30.6 Å². The summed E-state index contributed by atoms with van der Waals surface area (Å²) in [6.45, 7) is 1.96. The van der Waals surface area contributed by atoms with Crippen molar-refractivity contribution in [3.8, 4) is 0 Å². The van der Waals surface area contributed by atoms with Crippen LogP contribution in [0.1, 0.15) is 0 Å². The average molecular weight is 248 g/mol. The van der Waals surface area contributed by atoms with Crippen LogP contribution in [0.3, 0.4) is 0 Å². The lowest BCUT2D eigenvalue weighted by atomic mass is 10.2. The number of nitrogens with zero attached hydrogens (tertiary/aromatic N) is 6. The molecule has 3 rings (SSSR count). The van der Waals surface area contributed by atoms with E-state index in [2.05, 4.69) is 25.9 Å². The van der Waals surface area contributed by atoms with Crippen molar-refractivity contribution in [2.24, 2.45) is 5.73 Å². The van der Waals surface area contributed by atoms with Crippen LogP contribution >= 0.6 is 0 Å². The molecule has 3 N–H and O–H groups in total. The Morgan fingerprint density at radius 2 is 2.39 bits per heavy atom. The smallest absolute Gasteiger partial charge is 0.241 e. The second kappa shape index (κ2) is 4.18. The van der Waals surface area contributed by atoms with E-state index in [9.17, 15) is 4.79 Å². The van der Waals surface area contributed by atoms with Gasteiger partial charge in [0.1, 0.15) is 6.04 Å². The first-order valence-electron chi connectivity index (χ1n) is 5.58. The van der Waals surface area contributed by atoms with Crippen molar-refractivity contribution in [3.63, 3.8) is 0 Å². The summed E-state index contributed by atoms with van der Waals surface area (Å²) in [7, 11) is 0. The van der Waals surface area contributed by atoms with E-state index >= 15 is 0 Å². The third kappa shape index (κ3) is 1.74. The van der Waals surface area contributed by atoms with Crippen LogP contribution < -0.4 is 16.0 Å². The molecule has 1 saturated heterocycles. The van der Waals surface area contributed by atoms with Crippen molar-refractivity contribution >= 4 is 17.4 Å². The number of fused-ring (bicyclic) bond motifs is 1. The van der Waals surface area contributed by atoms with Gasteiger partial charge in [0.05, 0.1) is 0 Å². The number of tetrazole rings is 1. The lowest BCUT2D eigenvalue weighted by Crippen LogP contribution is -2.57. The third-order valence-corrected chi connectivity index (χ3v) is 2.92. The second-order valence-electron chi connectivity index (χ2n) is 4.03. The van der Waals surface area contributed by atoms with Crippen molar-refractivity contribution < 1.29 is 4.79 Å². The first-order chi connectivity index (χ1) is 8.75. The van der Waals surface area contributed by atoms with Crippen LogP contribution in [0.15, 0.2) is 12.1 Å². The summed E-state index contributed by atoms with van der Waals surface area (Å²) >= 11 is 0. The summed E-state index contributed by atoms with van der Waals surface area (Å²) < 4.78 is 1.33. The standard InChI is InChI=1S/C9H12N8O/c10-9(18)6-5-11-3-4-16(6)8-2-1-7-12-14-15-17(7)13-8/h1-2,6,11H,3-5H2,(H2,10,18). The van der Waals surface area contributed by atoms with Gasteiger partial charge in [-0.05, 0) is 22.6 Å². The summed E-state index contributed by atoms with van der Waals surface area (Å²) in [6.07, 6.45) is 0. The highest BCUT2D eigenvalue weighted by Gasteiger charge is 2.28. The highest BCUT2D eigenvalue weighted by Crippen LogP contribution is 2.15. The first kappa shape index (κ1) is 10.8. The molecule has 9 nitrogen and oxygen atoms in total. The number of carbonyl (C=O) groups is 1. The van der Waals surface area contributed by atoms with Crippen molar-refractivity contribution in [1.29, 1.82) is 0 Å². The quantitative estimate of drug-likeness (QED) is 0.618. The van der Waals surface area contributed by atoms with Crippen molar-refractivity contribution in [2.45, 2.75) is 6.04 Å². The Bertz CT molecular complexity index is 581. The van der Waals surface area contributed by atoms with Gasteiger partial charge >= 0.3 is 0 Å². The molecule has 0 bridgehead atoms. The maximum Gasteiger partial charge on any atom is 0.241 e. The first-order valence-corrected chi connectivity index (χ1v) is 5.58. The van der Waals surface area contributed by atoms with Gasteiger partial charge in [-0.2, -0.15) is 0 Å². The summed E-state index contributed by atoms with van der Waals surface area (Å²) in [4.78, 5) is 13.3. The Morgan fingerprint density at radius 1 is 1.50 bits per heavy atom. The van der Waals surface area contributed by atoms with Crippen LogP contribution in [-0.2, 0) is 4.79 Å². The monoisotopic (exact) mass is 248 g/mol. The molecular formula is C9H12N8O. The van der Waals surface area contributed by atoms with E-state index < -0.39 is 6.04 Å². The Labute approximate surface area is 102 Å². The fourth-order valence-electron chi connectivity index (χ4n) is 2.03. The van der Waals surface area contributed by atoms with Gasteiger partial charge in [0.2, 0.25) is 5.91 Å². The van der Waals surface area contributed by atoms with E-state index in [-0.39, 0.29) is 5.91 Å². The normalized spacial score (nSPS) is 20.2. The Balaban J connectivity index is 1.97. The molecule has 2 aromatic rings. The van der Waals surface area contributed by atoms with E-state index in [1.165, 1.54) is 4.63 Å². The molecule has 1 unspecified atom stereocenters. The zero-order chi connectivity index (χ0) is 12.5. The van der Waals surface area contributed by atoms with Crippen molar-refractivity contribution in [2.75, 3.05) is 24.5 Å². The van der Waals surface area contributed by atoms with Gasteiger partial charge in [0.25, 0.3) is 0 Å². The predicted molar refractivity (Wildman–Crippen MR) is 61.8 cm³/mol. The maximum atomic E-state index is 11.4. The molecule has 1 amide bonds. The number of piperazine rings is 1. The molecule has 3 heterocycles. The molecule has 18 heavy (non-hydrogen) atoms. The van der Waals surface area contributed by atoms with E-state index in [1.807, 2.05) is 4.90 Å². The lowest BCUT2D eigenvalue weighted by molar-refractivity contribution is -0.119. The molecule has 94 valence electrons. The number of aromatic nitrogens is 5. The van der Waals surface area contributed by atoms with Gasteiger partial charge in [-0.15, -0.1) is 14.8 Å². The number of rotatable bonds is 2. The molecule has 0 radical (unpaired) electrons. The molecule has 0 spiro atoms. The zero-order valence-electron chi connectivity index (χ0n) is 9.52. The van der Waals surface area contributed by atoms with Crippen LogP contribution in [0.4, 0.5) is 5.82 Å². The number of carbonyl (C=O) groups excluding carboxylic acids is 1. The molecule has 1 fully saturated rings. The fraction of sp³-hybridized carbons (Fsp3) is 0.444. The van der Waals surface area contributed by atoms with Gasteiger partial charge in [0, 0.05) is 19.6 Å². The molecule has 0 saturated carbocycles. The Morgan fingerprint density at radius 3 is 3.22 bits per heavy atom. The van der Waals surface area contributed by atoms with Gasteiger partial charge in [-0.1, -0.05) is 0 Å². The minimum absolute atomic E-state index is 0.374. The molecule has 1 aliphatic heterocycles. The van der Waals surface area contributed by atoms with Crippen LogP contribution in [0.25, 0.3) is 5.65 Å². The second-order valence-corrected chi connectivity index (χ2v) is 4.03. The van der Waals surface area contributed by atoms with Crippen LogP contribution in [0, 0.1) is 0 Å². The van der Waals surface area contributed by atoms with Gasteiger partial charge < -0.3 is 16.0 Å². The number of anilines is 1. The molecule has 0 aromatic carbocycles. The summed E-state index contributed by atoms with van der Waals surface area (Å²) in [5.41, 5.74) is 5.95. The number of amides is 1. The molecular weight excluding hydrogens is 236 g/mol. The SMILES string of the molecule is NC(=O)C1CNCCN1c1ccc2nnnn2n1. The maximum absolute atomic E-state index is 11.4. The van der Waals surface area contributed by atoms with E-state index in [4.69, 9.17) is 5.73 Å². The Hall–Kier alpha value is -2.29. The summed E-state index contributed by atoms with van der Waals surface area (Å²) in [5, 5.41) is 18.4. The molecule has 0 aliphatic carbocycles. The largest absolute Gasteiger partial charge is 0.368 e. The summed E-state index contributed by atoms with van der Waals surface area (Å²) in [5.74, 6) is 0.265. The number of hydrogen-bond donors (Lipinski definition) is 2. The number of nitrogens with one attached hydrogen (secondary N) is 1. The van der Waals surface area contributed by atoms with E-state index in [0.29, 0.717) is 24.6 Å². The lowest BCUT2D eigenvalue weighted by Gasteiger charge is -2.34. The van der Waals surface area contributed by atoms with Crippen LogP contribution in [0.2, 0.25) is 0 Å². The van der Waals surface area contributed by atoms with Gasteiger partial charge in [-0.3, -0.25) is 4.79 Å². The fourth-order valence-corrected chi connectivity index (χ4v) is 2.03. The molecule has 1 aliphatic rings. The van der Waals surface area contributed by atoms with E-state index in [0.717, 1.165) is 6.54 Å². The van der Waals surface area contributed by atoms with E-state index in [1.54, 1.807) is 12.1 Å². The molecule has 2 aromatic heterocycles. The zero-order valence-corrected chi connectivity index (χ0v) is 9.52. The molecule has 9 heteroatoms. The molecule has 1 atom stereocenters. The van der Waals surface area contributed by atoms with Crippen molar-refractivity contribution in [3.05, 3.63) is 12.1 Å². The van der Waals surface area contributed by atoms with Crippen LogP contribution in [-0.4, -0.2) is 56.8 Å². The predicted octanol–water partition coefficient (Wildman–Crippen LogP) is -2.22. The van der Waals surface area contributed by atoms with Crippen LogP contribution in [0.5, 0.6) is 0 Å². The average Bonchev–Trinajstić information content (AvgIpc) is 2.85. The van der Waals surface area contributed by atoms with Gasteiger partial charge in [0.15, 0.2) is 11.5 Å². The van der Waals surface area contributed by atoms with Gasteiger partial charge in [-0.25, -0.2) is 0 Å². The minimum Gasteiger partial charge on any atom is -0.368 e.